The minimum atomic E-state index is -0.0444. The first-order valence-electron chi connectivity index (χ1n) is 5.99. The number of thioether (sulfide) groups is 1. The van der Waals surface area contributed by atoms with Crippen molar-refractivity contribution in [1.82, 2.24) is 0 Å². The lowest BCUT2D eigenvalue weighted by Crippen LogP contribution is -2.43. The molecule has 2 N–H and O–H groups in total. The van der Waals surface area contributed by atoms with Gasteiger partial charge in [-0.05, 0) is 24.3 Å². The summed E-state index contributed by atoms with van der Waals surface area (Å²) >= 11 is 1.80. The zero-order valence-corrected chi connectivity index (χ0v) is 10.7. The number of ether oxygens (including phenoxy) is 1. The van der Waals surface area contributed by atoms with Gasteiger partial charge in [0.1, 0.15) is 17.6 Å². The Morgan fingerprint density at radius 2 is 2.17 bits per heavy atom. The van der Waals surface area contributed by atoms with E-state index in [1.807, 2.05) is 30.3 Å². The summed E-state index contributed by atoms with van der Waals surface area (Å²) < 4.78 is 11.3. The van der Waals surface area contributed by atoms with Crippen molar-refractivity contribution in [1.29, 1.82) is 0 Å². The smallest absolute Gasteiger partial charge is 0.133 e. The molecule has 2 heterocycles. The molecule has 0 radical (unpaired) electrons. The second kappa shape index (κ2) is 5.08. The number of benzene rings is 1. The Bertz CT molecular complexity index is 512. The standard InChI is InChI=1S/C14H15NO2S/c15-11(8-10-4-3-7-16-10)13-9-18-14-6-2-1-5-12(14)17-13/h1-7,11,13H,8-9,15H2. The minimum absolute atomic E-state index is 0.0370. The monoisotopic (exact) mass is 261 g/mol. The van der Waals surface area contributed by atoms with Crippen molar-refractivity contribution in [2.75, 3.05) is 5.75 Å². The zero-order chi connectivity index (χ0) is 12.4. The summed E-state index contributed by atoms with van der Waals surface area (Å²) in [7, 11) is 0. The van der Waals surface area contributed by atoms with Crippen LogP contribution in [0.15, 0.2) is 52.0 Å². The Hall–Kier alpha value is -1.39. The molecular formula is C14H15NO2S. The maximum atomic E-state index is 6.20. The van der Waals surface area contributed by atoms with Crippen LogP contribution in [0.25, 0.3) is 0 Å². The number of nitrogens with two attached hydrogens (primary N) is 1. The molecule has 2 unspecified atom stereocenters. The quantitative estimate of drug-likeness (QED) is 0.923. The third-order valence-electron chi connectivity index (χ3n) is 3.03. The van der Waals surface area contributed by atoms with Crippen molar-refractivity contribution in [3.63, 3.8) is 0 Å². The first-order valence-corrected chi connectivity index (χ1v) is 6.98. The van der Waals surface area contributed by atoms with E-state index in [9.17, 15) is 0 Å². The maximum absolute atomic E-state index is 6.20. The Balaban J connectivity index is 1.68. The molecule has 0 amide bonds. The van der Waals surface area contributed by atoms with E-state index >= 15 is 0 Å². The first kappa shape index (κ1) is 11.7. The molecule has 4 heteroatoms. The topological polar surface area (TPSA) is 48.4 Å². The van der Waals surface area contributed by atoms with Gasteiger partial charge >= 0.3 is 0 Å². The molecule has 1 aliphatic rings. The summed E-state index contributed by atoms with van der Waals surface area (Å²) in [6.07, 6.45) is 2.42. The number of furan rings is 1. The van der Waals surface area contributed by atoms with E-state index in [-0.39, 0.29) is 12.1 Å². The van der Waals surface area contributed by atoms with Crippen LogP contribution < -0.4 is 10.5 Å². The normalized spacial score (nSPS) is 19.9. The van der Waals surface area contributed by atoms with Crippen LogP contribution in [0.2, 0.25) is 0 Å². The molecule has 0 spiro atoms. The molecule has 0 saturated heterocycles. The van der Waals surface area contributed by atoms with Crippen LogP contribution in [0.3, 0.4) is 0 Å². The fourth-order valence-electron chi connectivity index (χ4n) is 2.04. The van der Waals surface area contributed by atoms with Crippen molar-refractivity contribution in [2.45, 2.75) is 23.5 Å². The summed E-state index contributed by atoms with van der Waals surface area (Å²) in [5.41, 5.74) is 6.20. The van der Waals surface area contributed by atoms with E-state index in [1.54, 1.807) is 18.0 Å². The van der Waals surface area contributed by atoms with E-state index in [2.05, 4.69) is 6.07 Å². The molecule has 1 aromatic carbocycles. The molecule has 3 nitrogen and oxygen atoms in total. The maximum Gasteiger partial charge on any atom is 0.133 e. The third-order valence-corrected chi connectivity index (χ3v) is 4.17. The SMILES string of the molecule is NC(Cc1ccco1)C1CSc2ccccc2O1. The van der Waals surface area contributed by atoms with Gasteiger partial charge in [-0.15, -0.1) is 11.8 Å². The number of rotatable bonds is 3. The van der Waals surface area contributed by atoms with Gasteiger partial charge in [0.15, 0.2) is 0 Å². The lowest BCUT2D eigenvalue weighted by Gasteiger charge is -2.29. The molecule has 0 fully saturated rings. The van der Waals surface area contributed by atoms with Crippen LogP contribution in [-0.2, 0) is 6.42 Å². The average molecular weight is 261 g/mol. The van der Waals surface area contributed by atoms with Crippen LogP contribution in [0.4, 0.5) is 0 Å². The van der Waals surface area contributed by atoms with Crippen LogP contribution >= 0.6 is 11.8 Å². The van der Waals surface area contributed by atoms with Crippen LogP contribution in [0.1, 0.15) is 5.76 Å². The highest BCUT2D eigenvalue weighted by atomic mass is 32.2. The third kappa shape index (κ3) is 2.40. The largest absolute Gasteiger partial charge is 0.487 e. The van der Waals surface area contributed by atoms with Gasteiger partial charge in [0.25, 0.3) is 0 Å². The number of hydrogen-bond acceptors (Lipinski definition) is 4. The van der Waals surface area contributed by atoms with Crippen LogP contribution in [0.5, 0.6) is 5.75 Å². The molecule has 0 bridgehead atoms. The summed E-state index contributed by atoms with van der Waals surface area (Å²) in [5, 5.41) is 0. The average Bonchev–Trinajstić information content (AvgIpc) is 2.91. The predicted molar refractivity (Wildman–Crippen MR) is 72.0 cm³/mol. The molecular weight excluding hydrogens is 246 g/mol. The van der Waals surface area contributed by atoms with E-state index in [1.165, 1.54) is 4.90 Å². The molecule has 1 aromatic heterocycles. The number of fused-ring (bicyclic) bond motifs is 1. The number of para-hydroxylation sites is 1. The fraction of sp³-hybridized carbons (Fsp3) is 0.286. The Labute approximate surface area is 110 Å². The Morgan fingerprint density at radius 3 is 3.00 bits per heavy atom. The van der Waals surface area contributed by atoms with Gasteiger partial charge in [-0.2, -0.15) is 0 Å². The second-order valence-corrected chi connectivity index (χ2v) is 5.42. The van der Waals surface area contributed by atoms with Gasteiger partial charge in [-0.3, -0.25) is 0 Å². The lowest BCUT2D eigenvalue weighted by molar-refractivity contribution is 0.181. The molecule has 18 heavy (non-hydrogen) atoms. The van der Waals surface area contributed by atoms with E-state index in [4.69, 9.17) is 14.9 Å². The van der Waals surface area contributed by atoms with Crippen molar-refractivity contribution in [3.8, 4) is 5.75 Å². The van der Waals surface area contributed by atoms with E-state index < -0.39 is 0 Å². The van der Waals surface area contributed by atoms with Gasteiger partial charge in [0.05, 0.1) is 6.26 Å². The highest BCUT2D eigenvalue weighted by Gasteiger charge is 2.26. The van der Waals surface area contributed by atoms with Crippen LogP contribution in [0, 0.1) is 0 Å². The highest BCUT2D eigenvalue weighted by Crippen LogP contribution is 2.35. The van der Waals surface area contributed by atoms with E-state index in [0.29, 0.717) is 6.42 Å². The Morgan fingerprint density at radius 1 is 1.28 bits per heavy atom. The van der Waals surface area contributed by atoms with Crippen molar-refractivity contribution in [3.05, 3.63) is 48.4 Å². The molecule has 1 aliphatic heterocycles. The zero-order valence-electron chi connectivity index (χ0n) is 9.91. The van der Waals surface area contributed by atoms with Crippen molar-refractivity contribution in [2.24, 2.45) is 5.73 Å². The van der Waals surface area contributed by atoms with Gasteiger partial charge < -0.3 is 14.9 Å². The first-order chi connectivity index (χ1) is 8.83. The van der Waals surface area contributed by atoms with Crippen molar-refractivity contribution >= 4 is 11.8 Å². The molecule has 2 atom stereocenters. The summed E-state index contributed by atoms with van der Waals surface area (Å²) in [6, 6.07) is 11.9. The molecule has 2 aromatic rings. The summed E-state index contributed by atoms with van der Waals surface area (Å²) in [6.45, 7) is 0. The molecule has 94 valence electrons. The van der Waals surface area contributed by atoms with Gasteiger partial charge in [-0.25, -0.2) is 0 Å². The van der Waals surface area contributed by atoms with Gasteiger partial charge in [-0.1, -0.05) is 12.1 Å². The van der Waals surface area contributed by atoms with E-state index in [0.717, 1.165) is 17.3 Å². The summed E-state index contributed by atoms with van der Waals surface area (Å²) in [5.74, 6) is 2.74. The molecule has 0 aliphatic carbocycles. The molecule has 3 rings (SSSR count). The minimum Gasteiger partial charge on any atom is -0.487 e. The Kier molecular flexibility index (Phi) is 3.30. The second-order valence-electron chi connectivity index (χ2n) is 4.36. The molecule has 0 saturated carbocycles. The van der Waals surface area contributed by atoms with Gasteiger partial charge in [0.2, 0.25) is 0 Å². The lowest BCUT2D eigenvalue weighted by atomic mass is 10.1. The number of hydrogen-bond donors (Lipinski definition) is 1. The summed E-state index contributed by atoms with van der Waals surface area (Å²) in [4.78, 5) is 1.19. The van der Waals surface area contributed by atoms with Crippen molar-refractivity contribution < 1.29 is 9.15 Å². The highest BCUT2D eigenvalue weighted by molar-refractivity contribution is 7.99. The van der Waals surface area contributed by atoms with Gasteiger partial charge in [0, 0.05) is 23.1 Å². The predicted octanol–water partition coefficient (Wildman–Crippen LogP) is 2.70. The van der Waals surface area contributed by atoms with Crippen LogP contribution in [-0.4, -0.2) is 17.9 Å². The fourth-order valence-corrected chi connectivity index (χ4v) is 3.13.